The van der Waals surface area contributed by atoms with Gasteiger partial charge in [0.25, 0.3) is 0 Å². The van der Waals surface area contributed by atoms with Crippen molar-refractivity contribution in [3.05, 3.63) is 71.8 Å². The van der Waals surface area contributed by atoms with Crippen molar-refractivity contribution in [2.45, 2.75) is 12.5 Å². The number of carbonyl (C=O) groups excluding carboxylic acids is 2. The molecule has 3 rings (SSSR count). The highest BCUT2D eigenvalue weighted by atomic mass is 16.5. The van der Waals surface area contributed by atoms with Crippen LogP contribution in [0.2, 0.25) is 0 Å². The van der Waals surface area contributed by atoms with Crippen LogP contribution < -0.4 is 0 Å². The standard InChI is InChI=1S/C22H25NO4/c1-23-15-18(14-16-10-6-4-7-11-16)22(20(24)26-2,21(25)27-3)19(23)17-12-8-5-9-13-17/h4-13,18-19H,14-15H2,1-3H3/t18?,19-/m1/s1. The third-order valence-corrected chi connectivity index (χ3v) is 5.51. The summed E-state index contributed by atoms with van der Waals surface area (Å²) in [5.41, 5.74) is 0.545. The van der Waals surface area contributed by atoms with E-state index in [1.165, 1.54) is 14.2 Å². The molecule has 27 heavy (non-hydrogen) atoms. The van der Waals surface area contributed by atoms with Gasteiger partial charge in [-0.2, -0.15) is 0 Å². The van der Waals surface area contributed by atoms with Crippen molar-refractivity contribution in [3.63, 3.8) is 0 Å². The second-order valence-electron chi connectivity index (χ2n) is 6.99. The summed E-state index contributed by atoms with van der Waals surface area (Å²) in [6, 6.07) is 19.0. The van der Waals surface area contributed by atoms with Gasteiger partial charge >= 0.3 is 11.9 Å². The van der Waals surface area contributed by atoms with Crippen molar-refractivity contribution >= 4 is 11.9 Å². The third kappa shape index (κ3) is 3.23. The average molecular weight is 367 g/mol. The minimum atomic E-state index is -1.42. The largest absolute Gasteiger partial charge is 0.468 e. The molecule has 1 heterocycles. The summed E-state index contributed by atoms with van der Waals surface area (Å²) in [5.74, 6) is -1.36. The van der Waals surface area contributed by atoms with Crippen molar-refractivity contribution in [1.82, 2.24) is 4.90 Å². The minimum Gasteiger partial charge on any atom is -0.468 e. The summed E-state index contributed by atoms with van der Waals surface area (Å²) < 4.78 is 10.3. The maximum atomic E-state index is 13.1. The lowest BCUT2D eigenvalue weighted by Gasteiger charge is -2.35. The molecule has 0 amide bonds. The van der Waals surface area contributed by atoms with Gasteiger partial charge in [0.2, 0.25) is 0 Å². The SMILES string of the molecule is COC(=O)C1(C(=O)OC)C(Cc2ccccc2)CN(C)[C@@H]1c1ccccc1. The van der Waals surface area contributed by atoms with Crippen LogP contribution in [0, 0.1) is 11.3 Å². The normalized spacial score (nSPS) is 21.6. The van der Waals surface area contributed by atoms with E-state index in [-0.39, 0.29) is 5.92 Å². The predicted octanol–water partition coefficient (Wildman–Crippen LogP) is 2.86. The van der Waals surface area contributed by atoms with E-state index in [1.807, 2.05) is 67.7 Å². The number of ether oxygens (including phenoxy) is 2. The summed E-state index contributed by atoms with van der Waals surface area (Å²) in [5, 5.41) is 0. The monoisotopic (exact) mass is 367 g/mol. The van der Waals surface area contributed by atoms with Gasteiger partial charge in [0.15, 0.2) is 5.41 Å². The molecule has 0 aromatic heterocycles. The van der Waals surface area contributed by atoms with E-state index in [2.05, 4.69) is 4.90 Å². The first-order valence-corrected chi connectivity index (χ1v) is 9.01. The summed E-state index contributed by atoms with van der Waals surface area (Å²) in [6.07, 6.45) is 0.582. The van der Waals surface area contributed by atoms with E-state index in [0.29, 0.717) is 13.0 Å². The first-order chi connectivity index (χ1) is 13.1. The van der Waals surface area contributed by atoms with Gasteiger partial charge in [0.05, 0.1) is 20.3 Å². The van der Waals surface area contributed by atoms with Gasteiger partial charge in [-0.25, -0.2) is 0 Å². The van der Waals surface area contributed by atoms with E-state index in [4.69, 9.17) is 9.47 Å². The molecule has 2 atom stereocenters. The van der Waals surface area contributed by atoms with E-state index in [1.54, 1.807) is 0 Å². The van der Waals surface area contributed by atoms with Gasteiger partial charge < -0.3 is 9.47 Å². The molecule has 0 aliphatic carbocycles. The van der Waals surface area contributed by atoms with Crippen LogP contribution in [0.4, 0.5) is 0 Å². The predicted molar refractivity (Wildman–Crippen MR) is 102 cm³/mol. The number of nitrogens with zero attached hydrogens (tertiary/aromatic N) is 1. The molecule has 1 unspecified atom stereocenters. The van der Waals surface area contributed by atoms with Crippen molar-refractivity contribution in [1.29, 1.82) is 0 Å². The van der Waals surface area contributed by atoms with Gasteiger partial charge in [0, 0.05) is 12.5 Å². The molecule has 0 radical (unpaired) electrons. The highest BCUT2D eigenvalue weighted by molar-refractivity contribution is 6.02. The fourth-order valence-electron chi connectivity index (χ4n) is 4.42. The lowest BCUT2D eigenvalue weighted by Crippen LogP contribution is -2.49. The van der Waals surface area contributed by atoms with Gasteiger partial charge in [0.1, 0.15) is 0 Å². The summed E-state index contributed by atoms with van der Waals surface area (Å²) >= 11 is 0. The van der Waals surface area contributed by atoms with E-state index < -0.39 is 23.4 Å². The molecule has 0 spiro atoms. The van der Waals surface area contributed by atoms with E-state index >= 15 is 0 Å². The molecule has 2 aromatic carbocycles. The first kappa shape index (κ1) is 19.1. The Bertz CT molecular complexity index is 774. The van der Waals surface area contributed by atoms with Crippen LogP contribution in [-0.4, -0.2) is 44.7 Å². The molecule has 0 saturated carbocycles. The second-order valence-corrected chi connectivity index (χ2v) is 6.99. The maximum Gasteiger partial charge on any atom is 0.325 e. The summed E-state index contributed by atoms with van der Waals surface area (Å²) in [4.78, 5) is 28.3. The Balaban J connectivity index is 2.14. The molecule has 0 N–H and O–H groups in total. The molecular weight excluding hydrogens is 342 g/mol. The first-order valence-electron chi connectivity index (χ1n) is 9.01. The fraction of sp³-hybridized carbons (Fsp3) is 0.364. The van der Waals surface area contributed by atoms with Crippen molar-refractivity contribution in [2.24, 2.45) is 11.3 Å². The minimum absolute atomic E-state index is 0.269. The third-order valence-electron chi connectivity index (χ3n) is 5.51. The summed E-state index contributed by atoms with van der Waals surface area (Å²) in [6.45, 7) is 0.582. The Kier molecular flexibility index (Phi) is 5.61. The zero-order valence-corrected chi connectivity index (χ0v) is 15.9. The van der Waals surface area contributed by atoms with Crippen molar-refractivity contribution in [2.75, 3.05) is 27.8 Å². The Morgan fingerprint density at radius 2 is 1.48 bits per heavy atom. The highest BCUT2D eigenvalue weighted by Crippen LogP contribution is 2.52. The van der Waals surface area contributed by atoms with E-state index in [9.17, 15) is 9.59 Å². The lowest BCUT2D eigenvalue weighted by molar-refractivity contribution is -0.174. The molecule has 5 heteroatoms. The Morgan fingerprint density at radius 1 is 0.963 bits per heavy atom. The fourth-order valence-corrected chi connectivity index (χ4v) is 4.42. The molecule has 1 saturated heterocycles. The van der Waals surface area contributed by atoms with E-state index in [0.717, 1.165) is 11.1 Å². The van der Waals surface area contributed by atoms with Crippen molar-refractivity contribution in [3.8, 4) is 0 Å². The molecule has 5 nitrogen and oxygen atoms in total. The Hall–Kier alpha value is -2.66. The van der Waals surface area contributed by atoms with Crippen LogP contribution in [0.5, 0.6) is 0 Å². The van der Waals surface area contributed by atoms with Crippen LogP contribution in [0.15, 0.2) is 60.7 Å². The summed E-state index contributed by atoms with van der Waals surface area (Å²) in [7, 11) is 4.59. The molecule has 0 bridgehead atoms. The molecule has 1 fully saturated rings. The number of rotatable bonds is 5. The number of carbonyl (C=O) groups is 2. The number of hydrogen-bond acceptors (Lipinski definition) is 5. The Morgan fingerprint density at radius 3 is 2.00 bits per heavy atom. The number of esters is 2. The molecule has 142 valence electrons. The highest BCUT2D eigenvalue weighted by Gasteiger charge is 2.65. The number of methoxy groups -OCH3 is 2. The van der Waals surface area contributed by atoms with Gasteiger partial charge in [-0.05, 0) is 24.6 Å². The molecule has 1 aliphatic heterocycles. The molecule has 1 aliphatic rings. The maximum absolute atomic E-state index is 13.1. The lowest BCUT2D eigenvalue weighted by atomic mass is 9.68. The van der Waals surface area contributed by atoms with Gasteiger partial charge in [-0.15, -0.1) is 0 Å². The van der Waals surface area contributed by atoms with Crippen LogP contribution in [0.25, 0.3) is 0 Å². The second kappa shape index (κ2) is 7.92. The number of benzene rings is 2. The Labute approximate surface area is 159 Å². The van der Waals surface area contributed by atoms with Crippen LogP contribution in [-0.2, 0) is 25.5 Å². The van der Waals surface area contributed by atoms with Gasteiger partial charge in [-0.3, -0.25) is 14.5 Å². The average Bonchev–Trinajstić information content (AvgIpc) is 3.00. The van der Waals surface area contributed by atoms with Crippen molar-refractivity contribution < 1.29 is 19.1 Å². The zero-order chi connectivity index (χ0) is 19.4. The topological polar surface area (TPSA) is 55.8 Å². The van der Waals surface area contributed by atoms with Crippen LogP contribution in [0.1, 0.15) is 17.2 Å². The zero-order valence-electron chi connectivity index (χ0n) is 15.9. The molecular formula is C22H25NO4. The number of hydrogen-bond donors (Lipinski definition) is 0. The van der Waals surface area contributed by atoms with Gasteiger partial charge in [-0.1, -0.05) is 60.7 Å². The smallest absolute Gasteiger partial charge is 0.325 e. The van der Waals surface area contributed by atoms with Crippen LogP contribution in [0.3, 0.4) is 0 Å². The number of likely N-dealkylation sites (tertiary alicyclic amines) is 1. The molecule has 2 aromatic rings. The van der Waals surface area contributed by atoms with Crippen LogP contribution >= 0.6 is 0 Å². The quantitative estimate of drug-likeness (QED) is 0.601.